The first kappa shape index (κ1) is 26.0. The maximum atomic E-state index is 13.0. The van der Waals surface area contributed by atoms with Gasteiger partial charge >= 0.3 is 6.18 Å². The Morgan fingerprint density at radius 2 is 1.62 bits per heavy atom. The van der Waals surface area contributed by atoms with Crippen molar-refractivity contribution in [3.63, 3.8) is 0 Å². The third-order valence-corrected chi connectivity index (χ3v) is 7.31. The largest absolute Gasteiger partial charge is 0.416 e. The Labute approximate surface area is 214 Å². The van der Waals surface area contributed by atoms with Crippen LogP contribution in [0, 0.1) is 0 Å². The molecule has 0 atom stereocenters. The lowest BCUT2D eigenvalue weighted by Crippen LogP contribution is -2.15. The predicted molar refractivity (Wildman–Crippen MR) is 134 cm³/mol. The number of anilines is 2. The van der Waals surface area contributed by atoms with Crippen molar-refractivity contribution >= 4 is 43.9 Å². The standard InChI is InChI=1S/C25H18F3N3O4S2/c1-15(32)17-4-3-7-20(13-17)31-37(34,35)21-10-8-16(9-11-21)23(33)30-24-29-22(14-36-24)18-5-2-6-19(12-18)25(26,27)28/h2-14,31H,1H3,(H,29,30,33). The van der Waals surface area contributed by atoms with E-state index in [0.29, 0.717) is 5.56 Å². The highest BCUT2D eigenvalue weighted by atomic mass is 32.2. The number of ketones is 1. The number of benzene rings is 3. The van der Waals surface area contributed by atoms with Crippen molar-refractivity contribution in [2.45, 2.75) is 18.0 Å². The molecule has 0 aliphatic heterocycles. The van der Waals surface area contributed by atoms with Gasteiger partial charge in [0.2, 0.25) is 0 Å². The van der Waals surface area contributed by atoms with Gasteiger partial charge in [0.25, 0.3) is 15.9 Å². The highest BCUT2D eigenvalue weighted by Crippen LogP contribution is 2.33. The van der Waals surface area contributed by atoms with Gasteiger partial charge in [-0.05, 0) is 55.5 Å². The Kier molecular flexibility index (Phi) is 7.14. The molecule has 37 heavy (non-hydrogen) atoms. The van der Waals surface area contributed by atoms with Gasteiger partial charge in [-0.2, -0.15) is 13.2 Å². The molecule has 1 amide bonds. The monoisotopic (exact) mass is 545 g/mol. The zero-order valence-electron chi connectivity index (χ0n) is 19.0. The van der Waals surface area contributed by atoms with Crippen LogP contribution in [0.15, 0.2) is 83.1 Å². The lowest BCUT2D eigenvalue weighted by Gasteiger charge is -2.09. The molecule has 190 valence electrons. The molecular weight excluding hydrogens is 527 g/mol. The van der Waals surface area contributed by atoms with E-state index in [1.165, 1.54) is 60.8 Å². The normalized spacial score (nSPS) is 11.7. The summed E-state index contributed by atoms with van der Waals surface area (Å²) in [6.07, 6.45) is -4.49. The maximum absolute atomic E-state index is 13.0. The van der Waals surface area contributed by atoms with Gasteiger partial charge < -0.3 is 0 Å². The van der Waals surface area contributed by atoms with E-state index >= 15 is 0 Å². The summed E-state index contributed by atoms with van der Waals surface area (Å²) in [5.74, 6) is -0.783. The number of halogens is 3. The van der Waals surface area contributed by atoms with Crippen LogP contribution in [0.25, 0.3) is 11.3 Å². The van der Waals surface area contributed by atoms with Gasteiger partial charge in [-0.15, -0.1) is 11.3 Å². The molecule has 4 aromatic rings. The number of thiazole rings is 1. The van der Waals surface area contributed by atoms with Crippen molar-refractivity contribution < 1.29 is 31.2 Å². The first-order valence-electron chi connectivity index (χ1n) is 10.6. The molecule has 0 radical (unpaired) electrons. The minimum Gasteiger partial charge on any atom is -0.298 e. The van der Waals surface area contributed by atoms with Gasteiger partial charge in [-0.25, -0.2) is 13.4 Å². The molecule has 0 saturated carbocycles. The number of hydrogen-bond donors (Lipinski definition) is 2. The van der Waals surface area contributed by atoms with Gasteiger partial charge in [0, 0.05) is 27.8 Å². The topological polar surface area (TPSA) is 105 Å². The lowest BCUT2D eigenvalue weighted by molar-refractivity contribution is -0.137. The van der Waals surface area contributed by atoms with Crippen LogP contribution >= 0.6 is 11.3 Å². The average molecular weight is 546 g/mol. The van der Waals surface area contributed by atoms with Crippen LogP contribution < -0.4 is 10.0 Å². The quantitative estimate of drug-likeness (QED) is 0.274. The zero-order valence-corrected chi connectivity index (χ0v) is 20.7. The van der Waals surface area contributed by atoms with Crippen molar-refractivity contribution in [2.24, 2.45) is 0 Å². The summed E-state index contributed by atoms with van der Waals surface area (Å²) in [6, 6.07) is 15.9. The predicted octanol–water partition coefficient (Wildman–Crippen LogP) is 6.08. The summed E-state index contributed by atoms with van der Waals surface area (Å²) in [4.78, 5) is 28.2. The van der Waals surface area contributed by atoms with Crippen molar-refractivity contribution in [2.75, 3.05) is 10.0 Å². The molecule has 0 unspecified atom stereocenters. The summed E-state index contributed by atoms with van der Waals surface area (Å²) < 4.78 is 66.7. The minimum absolute atomic E-state index is 0.0987. The molecule has 0 fully saturated rings. The Morgan fingerprint density at radius 3 is 2.30 bits per heavy atom. The van der Waals surface area contributed by atoms with Gasteiger partial charge in [0.05, 0.1) is 16.2 Å². The number of alkyl halides is 3. The fourth-order valence-electron chi connectivity index (χ4n) is 3.29. The second-order valence-corrected chi connectivity index (χ2v) is 10.4. The van der Waals surface area contributed by atoms with Crippen LogP contribution in [-0.4, -0.2) is 25.1 Å². The van der Waals surface area contributed by atoms with Gasteiger partial charge in [0.1, 0.15) is 0 Å². The van der Waals surface area contributed by atoms with Crippen LogP contribution in [0.4, 0.5) is 24.0 Å². The van der Waals surface area contributed by atoms with Crippen molar-refractivity contribution in [3.05, 3.63) is 94.9 Å². The zero-order chi connectivity index (χ0) is 26.8. The van der Waals surface area contributed by atoms with Crippen LogP contribution in [-0.2, 0) is 16.2 Å². The number of carbonyl (C=O) groups excluding carboxylic acids is 2. The third kappa shape index (κ3) is 6.22. The fraction of sp³-hybridized carbons (Fsp3) is 0.0800. The number of Topliss-reactive ketones (excluding diaryl/α,β-unsaturated/α-hetero) is 1. The summed E-state index contributed by atoms with van der Waals surface area (Å²) in [7, 11) is -3.98. The van der Waals surface area contributed by atoms with Gasteiger partial charge in [0.15, 0.2) is 10.9 Å². The molecule has 0 aliphatic carbocycles. The summed E-state index contributed by atoms with van der Waals surface area (Å²) in [5.41, 5.74) is 0.434. The molecule has 0 aliphatic rings. The molecule has 0 bridgehead atoms. The van der Waals surface area contributed by atoms with Crippen molar-refractivity contribution in [1.82, 2.24) is 4.98 Å². The SMILES string of the molecule is CC(=O)c1cccc(NS(=O)(=O)c2ccc(C(=O)Nc3nc(-c4cccc(C(F)(F)F)c4)cs3)cc2)c1. The molecule has 4 rings (SSSR count). The van der Waals surface area contributed by atoms with Gasteiger partial charge in [-0.1, -0.05) is 24.3 Å². The van der Waals surface area contributed by atoms with E-state index in [4.69, 9.17) is 0 Å². The van der Waals surface area contributed by atoms with Crippen LogP contribution in [0.3, 0.4) is 0 Å². The number of nitrogens with one attached hydrogen (secondary N) is 2. The molecule has 2 N–H and O–H groups in total. The molecular formula is C25H18F3N3O4S2. The highest BCUT2D eigenvalue weighted by Gasteiger charge is 2.30. The number of rotatable bonds is 7. The Bertz CT molecular complexity index is 1580. The second-order valence-electron chi connectivity index (χ2n) is 7.84. The minimum atomic E-state index is -4.49. The number of sulfonamides is 1. The molecule has 1 heterocycles. The van der Waals surface area contributed by atoms with E-state index in [1.54, 1.807) is 12.1 Å². The molecule has 0 spiro atoms. The summed E-state index contributed by atoms with van der Waals surface area (Å²) in [5, 5.41) is 4.25. The van der Waals surface area contributed by atoms with Crippen molar-refractivity contribution in [1.29, 1.82) is 0 Å². The van der Waals surface area contributed by atoms with Gasteiger partial charge in [-0.3, -0.25) is 19.6 Å². The molecule has 0 saturated heterocycles. The number of amides is 1. The maximum Gasteiger partial charge on any atom is 0.416 e. The van der Waals surface area contributed by atoms with E-state index < -0.39 is 27.7 Å². The molecule has 1 aromatic heterocycles. The Morgan fingerprint density at radius 1 is 0.919 bits per heavy atom. The average Bonchev–Trinajstić information content (AvgIpc) is 3.32. The second kappa shape index (κ2) is 10.1. The lowest BCUT2D eigenvalue weighted by atomic mass is 10.1. The smallest absolute Gasteiger partial charge is 0.298 e. The third-order valence-electron chi connectivity index (χ3n) is 5.16. The van der Waals surface area contributed by atoms with Crippen molar-refractivity contribution in [3.8, 4) is 11.3 Å². The number of aromatic nitrogens is 1. The van der Waals surface area contributed by atoms with Crippen LogP contribution in [0.5, 0.6) is 0 Å². The number of carbonyl (C=O) groups is 2. The van der Waals surface area contributed by atoms with E-state index in [2.05, 4.69) is 15.0 Å². The molecule has 3 aromatic carbocycles. The molecule has 12 heteroatoms. The van der Waals surface area contributed by atoms with Crippen LogP contribution in [0.2, 0.25) is 0 Å². The summed E-state index contributed by atoms with van der Waals surface area (Å²) >= 11 is 1.04. The first-order chi connectivity index (χ1) is 17.4. The fourth-order valence-corrected chi connectivity index (χ4v) is 5.05. The Balaban J connectivity index is 1.45. The number of nitrogens with zero attached hydrogens (tertiary/aromatic N) is 1. The number of hydrogen-bond acceptors (Lipinski definition) is 6. The van der Waals surface area contributed by atoms with Crippen LogP contribution in [0.1, 0.15) is 33.2 Å². The van der Waals surface area contributed by atoms with E-state index in [0.717, 1.165) is 23.5 Å². The summed E-state index contributed by atoms with van der Waals surface area (Å²) in [6.45, 7) is 1.37. The van der Waals surface area contributed by atoms with E-state index in [9.17, 15) is 31.2 Å². The van der Waals surface area contributed by atoms with E-state index in [1.807, 2.05) is 0 Å². The van der Waals surface area contributed by atoms with E-state index in [-0.39, 0.29) is 38.3 Å². The molecule has 7 nitrogen and oxygen atoms in total. The first-order valence-corrected chi connectivity index (χ1v) is 13.0. The Hall–Kier alpha value is -4.03. The highest BCUT2D eigenvalue weighted by molar-refractivity contribution is 7.92.